The molecule has 0 aliphatic carbocycles. The van der Waals surface area contributed by atoms with Gasteiger partial charge in [-0.3, -0.25) is 4.99 Å². The Labute approximate surface area is 164 Å². The van der Waals surface area contributed by atoms with E-state index in [0.29, 0.717) is 5.41 Å². The molecule has 0 radical (unpaired) electrons. The van der Waals surface area contributed by atoms with Gasteiger partial charge in [0.05, 0.1) is 10.9 Å². The number of nitrogens with zero attached hydrogens (tertiary/aromatic N) is 2. The molecule has 23 heavy (non-hydrogen) atoms. The molecule has 7 heteroatoms. The molecule has 1 aromatic rings. The first-order valence-electron chi connectivity index (χ1n) is 8.06. The predicted octanol–water partition coefficient (Wildman–Crippen LogP) is 3.64. The summed E-state index contributed by atoms with van der Waals surface area (Å²) in [4.78, 5) is 8.51. The van der Waals surface area contributed by atoms with E-state index >= 15 is 0 Å². The van der Waals surface area contributed by atoms with E-state index in [2.05, 4.69) is 23.2 Å². The monoisotopic (exact) mass is 469 g/mol. The van der Waals surface area contributed by atoms with Gasteiger partial charge in [0.15, 0.2) is 5.96 Å². The molecule has 0 saturated carbocycles. The molecule has 2 saturated heterocycles. The van der Waals surface area contributed by atoms with Crippen LogP contribution >= 0.6 is 46.9 Å². The second-order valence-corrected chi connectivity index (χ2v) is 7.97. The Morgan fingerprint density at radius 2 is 2.35 bits per heavy atom. The third-order valence-electron chi connectivity index (χ3n) is 4.51. The molecular weight excluding hydrogens is 445 g/mol. The molecule has 1 atom stereocenters. The van der Waals surface area contributed by atoms with Crippen molar-refractivity contribution in [3.8, 4) is 0 Å². The highest BCUT2D eigenvalue weighted by Gasteiger charge is 2.42. The van der Waals surface area contributed by atoms with Gasteiger partial charge in [0, 0.05) is 49.5 Å². The minimum Gasteiger partial charge on any atom is -0.381 e. The Morgan fingerprint density at radius 3 is 3.00 bits per heavy atom. The molecular formula is C16H25ClIN3OS. The van der Waals surface area contributed by atoms with E-state index in [1.807, 2.05) is 6.07 Å². The van der Waals surface area contributed by atoms with E-state index < -0.39 is 0 Å². The van der Waals surface area contributed by atoms with Crippen molar-refractivity contribution in [2.45, 2.75) is 26.2 Å². The van der Waals surface area contributed by atoms with Crippen molar-refractivity contribution in [3.63, 3.8) is 0 Å². The molecule has 4 nitrogen and oxygen atoms in total. The summed E-state index contributed by atoms with van der Waals surface area (Å²) in [6.07, 6.45) is 3.36. The fourth-order valence-electron chi connectivity index (χ4n) is 3.27. The van der Waals surface area contributed by atoms with Crippen LogP contribution in [0.1, 0.15) is 24.6 Å². The minimum atomic E-state index is 0. The van der Waals surface area contributed by atoms with Crippen LogP contribution in [0.25, 0.3) is 0 Å². The van der Waals surface area contributed by atoms with Crippen molar-refractivity contribution < 1.29 is 4.74 Å². The largest absolute Gasteiger partial charge is 0.381 e. The number of rotatable bonds is 4. The van der Waals surface area contributed by atoms with Crippen molar-refractivity contribution in [1.29, 1.82) is 0 Å². The number of aliphatic imine (C=N–C) groups is 1. The molecule has 130 valence electrons. The van der Waals surface area contributed by atoms with Crippen LogP contribution in [0, 0.1) is 5.41 Å². The third kappa shape index (κ3) is 4.96. The summed E-state index contributed by atoms with van der Waals surface area (Å²) in [5.74, 6) is 1.05. The Kier molecular flexibility index (Phi) is 7.44. The fraction of sp³-hybridized carbons (Fsp3) is 0.688. The lowest BCUT2D eigenvalue weighted by atomic mass is 9.87. The molecule has 0 aromatic carbocycles. The van der Waals surface area contributed by atoms with Crippen LogP contribution in [0.15, 0.2) is 17.1 Å². The number of halogens is 2. The van der Waals surface area contributed by atoms with Gasteiger partial charge in [0.25, 0.3) is 0 Å². The maximum Gasteiger partial charge on any atom is 0.193 e. The van der Waals surface area contributed by atoms with Crippen molar-refractivity contribution in [2.24, 2.45) is 10.4 Å². The van der Waals surface area contributed by atoms with Gasteiger partial charge in [-0.1, -0.05) is 11.6 Å². The van der Waals surface area contributed by atoms with Gasteiger partial charge in [-0.25, -0.2) is 0 Å². The number of nitrogens with one attached hydrogen (secondary N) is 1. The molecule has 1 unspecified atom stereocenters. The highest BCUT2D eigenvalue weighted by atomic mass is 127. The van der Waals surface area contributed by atoms with Crippen LogP contribution in [0.3, 0.4) is 0 Å². The maximum atomic E-state index is 5.97. The van der Waals surface area contributed by atoms with Gasteiger partial charge in [0.2, 0.25) is 0 Å². The van der Waals surface area contributed by atoms with Crippen molar-refractivity contribution in [1.82, 2.24) is 10.2 Å². The third-order valence-corrected chi connectivity index (χ3v) is 5.80. The van der Waals surface area contributed by atoms with E-state index in [0.717, 1.165) is 56.1 Å². The van der Waals surface area contributed by atoms with Gasteiger partial charge in [-0.05, 0) is 31.9 Å². The van der Waals surface area contributed by atoms with E-state index in [-0.39, 0.29) is 24.0 Å². The number of likely N-dealkylation sites (tertiary alicyclic amines) is 1. The highest BCUT2D eigenvalue weighted by molar-refractivity contribution is 14.0. The SMILES string of the molecule is CCNC(=NCCc1ccc(Cl)s1)N1CCC2(CCOC2)C1.I. The van der Waals surface area contributed by atoms with Gasteiger partial charge in [-0.15, -0.1) is 35.3 Å². The van der Waals surface area contributed by atoms with Gasteiger partial charge in [0.1, 0.15) is 0 Å². The minimum absolute atomic E-state index is 0. The average molecular weight is 470 g/mol. The van der Waals surface area contributed by atoms with E-state index in [1.165, 1.54) is 17.7 Å². The summed E-state index contributed by atoms with van der Waals surface area (Å²) < 4.78 is 6.47. The summed E-state index contributed by atoms with van der Waals surface area (Å²) in [6, 6.07) is 4.05. The van der Waals surface area contributed by atoms with Crippen molar-refractivity contribution >= 4 is 52.9 Å². The quantitative estimate of drug-likeness (QED) is 0.416. The zero-order valence-corrected chi connectivity index (χ0v) is 17.4. The average Bonchev–Trinajstić information content (AvgIpc) is 3.22. The zero-order chi connectivity index (χ0) is 15.4. The highest BCUT2D eigenvalue weighted by Crippen LogP contribution is 2.38. The molecule has 0 amide bonds. The van der Waals surface area contributed by atoms with Crippen LogP contribution in [-0.4, -0.2) is 50.3 Å². The summed E-state index contributed by atoms with van der Waals surface area (Å²) >= 11 is 7.62. The molecule has 3 heterocycles. The molecule has 1 N–H and O–H groups in total. The molecule has 1 spiro atoms. The number of ether oxygens (including phenoxy) is 1. The predicted molar refractivity (Wildman–Crippen MR) is 108 cm³/mol. The first kappa shape index (κ1) is 19.3. The van der Waals surface area contributed by atoms with Crippen LogP contribution in [-0.2, 0) is 11.2 Å². The summed E-state index contributed by atoms with van der Waals surface area (Å²) in [5.41, 5.74) is 0.372. The first-order chi connectivity index (χ1) is 10.7. The fourth-order valence-corrected chi connectivity index (χ4v) is 4.35. The lowest BCUT2D eigenvalue weighted by Gasteiger charge is -2.24. The second-order valence-electron chi connectivity index (χ2n) is 6.17. The Morgan fingerprint density at radius 1 is 1.48 bits per heavy atom. The topological polar surface area (TPSA) is 36.9 Å². The Balaban J connectivity index is 0.00000192. The van der Waals surface area contributed by atoms with Gasteiger partial charge < -0.3 is 15.0 Å². The maximum absolute atomic E-state index is 5.97. The first-order valence-corrected chi connectivity index (χ1v) is 9.25. The lowest BCUT2D eigenvalue weighted by Crippen LogP contribution is -2.41. The zero-order valence-electron chi connectivity index (χ0n) is 13.5. The molecule has 2 aliphatic rings. The Hall–Kier alpha value is -0.0500. The van der Waals surface area contributed by atoms with Crippen LogP contribution in [0.4, 0.5) is 0 Å². The van der Waals surface area contributed by atoms with Crippen LogP contribution < -0.4 is 5.32 Å². The molecule has 1 aromatic heterocycles. The number of guanidine groups is 1. The van der Waals surface area contributed by atoms with E-state index in [4.69, 9.17) is 21.3 Å². The smallest absolute Gasteiger partial charge is 0.193 e. The number of hydrogen-bond donors (Lipinski definition) is 1. The van der Waals surface area contributed by atoms with Crippen molar-refractivity contribution in [3.05, 3.63) is 21.3 Å². The number of thiophene rings is 1. The lowest BCUT2D eigenvalue weighted by molar-refractivity contribution is 0.156. The molecule has 3 rings (SSSR count). The summed E-state index contributed by atoms with van der Waals surface area (Å²) in [5, 5.41) is 3.43. The van der Waals surface area contributed by atoms with Crippen LogP contribution in [0.5, 0.6) is 0 Å². The van der Waals surface area contributed by atoms with Crippen LogP contribution in [0.2, 0.25) is 4.34 Å². The molecule has 2 fully saturated rings. The van der Waals surface area contributed by atoms with Gasteiger partial charge in [-0.2, -0.15) is 0 Å². The van der Waals surface area contributed by atoms with Crippen molar-refractivity contribution in [2.75, 3.05) is 39.4 Å². The molecule has 0 bridgehead atoms. The normalized spacial score (nSPS) is 24.3. The number of hydrogen-bond acceptors (Lipinski definition) is 3. The van der Waals surface area contributed by atoms with Gasteiger partial charge >= 0.3 is 0 Å². The van der Waals surface area contributed by atoms with E-state index in [9.17, 15) is 0 Å². The summed E-state index contributed by atoms with van der Waals surface area (Å²) in [6.45, 7) is 7.82. The van der Waals surface area contributed by atoms with E-state index in [1.54, 1.807) is 11.3 Å². The second kappa shape index (κ2) is 8.87. The summed E-state index contributed by atoms with van der Waals surface area (Å²) in [7, 11) is 0. The standard InChI is InChI=1S/C16H24ClN3OS.HI/c1-2-18-15(19-8-5-13-3-4-14(17)22-13)20-9-6-16(11-20)7-10-21-12-16;/h3-4H,2,5-12H2,1H3,(H,18,19);1H. The Bertz CT molecular complexity index is 531. The molecule has 2 aliphatic heterocycles.